The number of nitrogens with zero attached hydrogens (tertiary/aromatic N) is 3. The lowest BCUT2D eigenvalue weighted by Crippen LogP contribution is -2.11. The summed E-state index contributed by atoms with van der Waals surface area (Å²) in [6.45, 7) is 1.91. The number of halogens is 3. The third kappa shape index (κ3) is 5.07. The van der Waals surface area contributed by atoms with E-state index in [-0.39, 0.29) is 29.2 Å². The normalized spacial score (nSPS) is 11.4. The summed E-state index contributed by atoms with van der Waals surface area (Å²) < 4.78 is 47.2. The van der Waals surface area contributed by atoms with E-state index < -0.39 is 11.7 Å². The number of rotatable bonds is 8. The van der Waals surface area contributed by atoms with E-state index in [4.69, 9.17) is 11.2 Å². The smallest absolute Gasteiger partial charge is 0.417 e. The Kier molecular flexibility index (Phi) is 6.88. The molecule has 0 aliphatic carbocycles. The highest BCUT2D eigenvalue weighted by molar-refractivity contribution is 5.87. The molecular formula is C23H22F3N3O. The number of pyridine rings is 1. The van der Waals surface area contributed by atoms with Gasteiger partial charge in [-0.15, -0.1) is 6.42 Å². The van der Waals surface area contributed by atoms with Crippen LogP contribution in [0.4, 0.5) is 13.2 Å². The van der Waals surface area contributed by atoms with E-state index in [9.17, 15) is 13.2 Å². The van der Waals surface area contributed by atoms with Crippen molar-refractivity contribution >= 4 is 11.0 Å². The van der Waals surface area contributed by atoms with Gasteiger partial charge < -0.3 is 4.74 Å². The molecule has 0 saturated carbocycles. The minimum absolute atomic E-state index is 0.0452. The molecule has 0 bridgehead atoms. The number of aromatic nitrogens is 3. The third-order valence-electron chi connectivity index (χ3n) is 4.60. The van der Waals surface area contributed by atoms with Gasteiger partial charge in [0.15, 0.2) is 12.3 Å². The summed E-state index contributed by atoms with van der Waals surface area (Å²) in [4.78, 5) is 13.0. The Labute approximate surface area is 173 Å². The lowest BCUT2D eigenvalue weighted by Gasteiger charge is -2.15. The molecule has 7 heteroatoms. The van der Waals surface area contributed by atoms with Gasteiger partial charge >= 0.3 is 6.18 Å². The fraction of sp³-hybridized carbons (Fsp3) is 0.348. The van der Waals surface area contributed by atoms with E-state index in [0.717, 1.165) is 31.7 Å². The fourth-order valence-electron chi connectivity index (χ4n) is 3.16. The van der Waals surface area contributed by atoms with Gasteiger partial charge in [0.1, 0.15) is 5.82 Å². The van der Waals surface area contributed by atoms with Gasteiger partial charge in [-0.3, -0.25) is 0 Å². The van der Waals surface area contributed by atoms with Crippen molar-refractivity contribution in [3.8, 4) is 29.5 Å². The zero-order chi connectivity index (χ0) is 21.6. The van der Waals surface area contributed by atoms with Gasteiger partial charge in [0, 0.05) is 12.0 Å². The number of aryl methyl sites for hydroxylation is 1. The predicted octanol–water partition coefficient (Wildman–Crippen LogP) is 5.85. The topological polar surface area (TPSA) is 47.9 Å². The Hall–Kier alpha value is -3.14. The number of hydrogen-bond donors (Lipinski definition) is 0. The minimum Gasteiger partial charge on any atom is -0.464 e. The molecule has 0 atom stereocenters. The monoisotopic (exact) mass is 413 g/mol. The van der Waals surface area contributed by atoms with Crippen LogP contribution in [0.25, 0.3) is 22.3 Å². The van der Waals surface area contributed by atoms with Crippen LogP contribution < -0.4 is 4.74 Å². The second kappa shape index (κ2) is 9.57. The van der Waals surface area contributed by atoms with Gasteiger partial charge in [-0.25, -0.2) is 9.97 Å². The Bertz CT molecular complexity index is 1040. The second-order valence-electron chi connectivity index (χ2n) is 6.87. The van der Waals surface area contributed by atoms with Gasteiger partial charge in [0.2, 0.25) is 5.88 Å². The van der Waals surface area contributed by atoms with Crippen molar-refractivity contribution < 1.29 is 17.9 Å². The van der Waals surface area contributed by atoms with Gasteiger partial charge in [0.25, 0.3) is 0 Å². The van der Waals surface area contributed by atoms with Crippen LogP contribution in [0, 0.1) is 12.3 Å². The highest BCUT2D eigenvalue weighted by atomic mass is 19.4. The molecule has 4 nitrogen and oxygen atoms in total. The first kappa shape index (κ1) is 21.6. The van der Waals surface area contributed by atoms with Crippen LogP contribution in [0.1, 0.15) is 44.0 Å². The van der Waals surface area contributed by atoms with Crippen molar-refractivity contribution in [2.24, 2.45) is 0 Å². The molecule has 0 saturated heterocycles. The zero-order valence-corrected chi connectivity index (χ0v) is 16.7. The van der Waals surface area contributed by atoms with Crippen molar-refractivity contribution in [3.63, 3.8) is 0 Å². The molecule has 0 N–H and O–H groups in total. The molecule has 0 spiro atoms. The largest absolute Gasteiger partial charge is 0.464 e. The molecule has 3 rings (SSSR count). The molecule has 0 amide bonds. The number of hydrogen-bond acceptors (Lipinski definition) is 4. The number of ether oxygens (including phenoxy) is 1. The maximum Gasteiger partial charge on any atom is 0.417 e. The van der Waals surface area contributed by atoms with Gasteiger partial charge in [0.05, 0.1) is 16.6 Å². The molecule has 0 fully saturated rings. The van der Waals surface area contributed by atoms with Crippen molar-refractivity contribution in [2.45, 2.75) is 45.2 Å². The summed E-state index contributed by atoms with van der Waals surface area (Å²) in [7, 11) is 0. The van der Waals surface area contributed by atoms with Crippen LogP contribution in [0.5, 0.6) is 5.88 Å². The number of benzene rings is 1. The maximum absolute atomic E-state index is 13.9. The number of alkyl halides is 3. The zero-order valence-electron chi connectivity index (χ0n) is 16.7. The Balaban J connectivity index is 2.18. The number of terminal acetylenes is 1. The first-order valence-electron chi connectivity index (χ1n) is 9.84. The Morgan fingerprint density at radius 3 is 2.47 bits per heavy atom. The van der Waals surface area contributed by atoms with Crippen LogP contribution in [0.15, 0.2) is 36.4 Å². The van der Waals surface area contributed by atoms with Crippen molar-refractivity contribution in [3.05, 3.63) is 47.8 Å². The summed E-state index contributed by atoms with van der Waals surface area (Å²) >= 11 is 0. The molecule has 1 aromatic carbocycles. The SMILES string of the molecule is C#CCOc1nc(CCCCCC)nc2nc(-c3ccccc3)cc(C(F)(F)F)c12. The van der Waals surface area contributed by atoms with Crippen molar-refractivity contribution in [1.29, 1.82) is 0 Å². The van der Waals surface area contributed by atoms with Crippen LogP contribution in [0.3, 0.4) is 0 Å². The summed E-state index contributed by atoms with van der Waals surface area (Å²) in [6.07, 6.45) is 5.10. The summed E-state index contributed by atoms with van der Waals surface area (Å²) in [5.41, 5.74) is -0.180. The van der Waals surface area contributed by atoms with Gasteiger partial charge in [-0.05, 0) is 12.5 Å². The van der Waals surface area contributed by atoms with Crippen LogP contribution >= 0.6 is 0 Å². The highest BCUT2D eigenvalue weighted by Crippen LogP contribution is 2.39. The molecule has 0 radical (unpaired) electrons. The average Bonchev–Trinajstić information content (AvgIpc) is 2.74. The molecule has 0 unspecified atom stereocenters. The van der Waals surface area contributed by atoms with Crippen molar-refractivity contribution in [2.75, 3.05) is 6.61 Å². The summed E-state index contributed by atoms with van der Waals surface area (Å²) in [5.74, 6) is 2.49. The molecule has 0 aliphatic rings. The van der Waals surface area contributed by atoms with E-state index in [1.54, 1.807) is 30.3 Å². The maximum atomic E-state index is 13.9. The Morgan fingerprint density at radius 2 is 1.80 bits per heavy atom. The number of unbranched alkanes of at least 4 members (excludes halogenated alkanes) is 3. The first-order chi connectivity index (χ1) is 14.4. The number of fused-ring (bicyclic) bond motifs is 1. The molecule has 0 aliphatic heterocycles. The quantitative estimate of drug-likeness (QED) is 0.344. The highest BCUT2D eigenvalue weighted by Gasteiger charge is 2.36. The van der Waals surface area contributed by atoms with E-state index in [2.05, 4.69) is 27.8 Å². The second-order valence-corrected chi connectivity index (χ2v) is 6.87. The molecule has 3 aromatic rings. The van der Waals surface area contributed by atoms with E-state index in [0.29, 0.717) is 17.8 Å². The molecule has 30 heavy (non-hydrogen) atoms. The Morgan fingerprint density at radius 1 is 1.03 bits per heavy atom. The average molecular weight is 413 g/mol. The summed E-state index contributed by atoms with van der Waals surface area (Å²) in [6, 6.07) is 9.69. The minimum atomic E-state index is -4.63. The van der Waals surface area contributed by atoms with Crippen LogP contribution in [-0.4, -0.2) is 21.6 Å². The third-order valence-corrected chi connectivity index (χ3v) is 4.60. The molecule has 156 valence electrons. The van der Waals surface area contributed by atoms with E-state index >= 15 is 0 Å². The lowest BCUT2D eigenvalue weighted by molar-refractivity contribution is -0.136. The first-order valence-corrected chi connectivity index (χ1v) is 9.84. The predicted molar refractivity (Wildman–Crippen MR) is 110 cm³/mol. The molecule has 2 heterocycles. The van der Waals surface area contributed by atoms with Crippen LogP contribution in [-0.2, 0) is 12.6 Å². The van der Waals surface area contributed by atoms with Crippen molar-refractivity contribution in [1.82, 2.24) is 15.0 Å². The standard InChI is InChI=1S/C23H22F3N3O/c1-3-5-6-10-13-19-28-21-20(22(29-19)30-14-4-2)17(23(24,25)26)15-18(27-21)16-11-8-7-9-12-16/h2,7-9,11-12,15H,3,5-6,10,13-14H2,1H3. The van der Waals surface area contributed by atoms with Crippen LogP contribution in [0.2, 0.25) is 0 Å². The molecular weight excluding hydrogens is 391 g/mol. The van der Waals surface area contributed by atoms with Gasteiger partial charge in [-0.2, -0.15) is 18.2 Å². The lowest BCUT2D eigenvalue weighted by atomic mass is 10.1. The van der Waals surface area contributed by atoms with E-state index in [1.165, 1.54) is 0 Å². The van der Waals surface area contributed by atoms with Gasteiger partial charge in [-0.1, -0.05) is 62.4 Å². The molecule has 2 aromatic heterocycles. The fourth-order valence-corrected chi connectivity index (χ4v) is 3.16. The van der Waals surface area contributed by atoms with E-state index in [1.807, 2.05) is 0 Å². The summed E-state index contributed by atoms with van der Waals surface area (Å²) in [5, 5.41) is -0.269.